The van der Waals surface area contributed by atoms with E-state index in [1.54, 1.807) is 25.1 Å². The molecule has 2 aromatic rings. The van der Waals surface area contributed by atoms with E-state index in [9.17, 15) is 14.4 Å². The molecule has 1 heterocycles. The van der Waals surface area contributed by atoms with Gasteiger partial charge in [-0.25, -0.2) is 4.79 Å². The Morgan fingerprint density at radius 2 is 1.86 bits per heavy atom. The monoisotopic (exact) mass is 416 g/mol. The first-order valence-electron chi connectivity index (χ1n) is 9.04. The molecular weight excluding hydrogens is 399 g/mol. The van der Waals surface area contributed by atoms with Crippen LogP contribution in [-0.2, 0) is 23.2 Å². The first-order valence-corrected chi connectivity index (χ1v) is 9.80. The van der Waals surface area contributed by atoms with Crippen LogP contribution in [0.25, 0.3) is 0 Å². The van der Waals surface area contributed by atoms with Gasteiger partial charge in [-0.15, -0.1) is 0 Å². The van der Waals surface area contributed by atoms with Gasteiger partial charge in [0.25, 0.3) is 5.91 Å². The summed E-state index contributed by atoms with van der Waals surface area (Å²) in [5.74, 6) is -0.791. The molecule has 4 rings (SSSR count). The van der Waals surface area contributed by atoms with Gasteiger partial charge < -0.3 is 5.32 Å². The molecule has 1 atom stereocenters. The van der Waals surface area contributed by atoms with Gasteiger partial charge in [-0.1, -0.05) is 41.4 Å². The number of urea groups is 1. The molecule has 2 aromatic carbocycles. The largest absolute Gasteiger partial charge is 0.325 e. The average molecular weight is 417 g/mol. The zero-order valence-electron chi connectivity index (χ0n) is 15.2. The van der Waals surface area contributed by atoms with E-state index in [-0.39, 0.29) is 17.4 Å². The third-order valence-corrected chi connectivity index (χ3v) is 6.01. The van der Waals surface area contributed by atoms with Crippen LogP contribution < -0.4 is 5.32 Å². The second kappa shape index (κ2) is 6.90. The van der Waals surface area contributed by atoms with Crippen molar-refractivity contribution in [1.82, 2.24) is 10.2 Å². The molecular formula is C21H18Cl2N2O3. The number of benzene rings is 2. The molecule has 1 N–H and O–H groups in total. The summed E-state index contributed by atoms with van der Waals surface area (Å²) >= 11 is 12.2. The van der Waals surface area contributed by atoms with Crippen LogP contribution in [0.5, 0.6) is 0 Å². The number of imide groups is 1. The number of hydrogen-bond donors (Lipinski definition) is 1. The topological polar surface area (TPSA) is 66.5 Å². The second-order valence-electron chi connectivity index (χ2n) is 7.33. The number of amides is 3. The standard InChI is InChI=1S/C21H18Cl2N2O3/c1-21(16-8-7-15(22)10-17(16)23)19(27)25(20(28)24-21)11-18(26)14-6-5-12-3-2-4-13(12)9-14/h5-10H,2-4,11H2,1H3,(H,24,28). The maximum atomic E-state index is 13.0. The summed E-state index contributed by atoms with van der Waals surface area (Å²) in [6.45, 7) is 1.26. The summed E-state index contributed by atoms with van der Waals surface area (Å²) in [5.41, 5.74) is 2.03. The molecule has 1 unspecified atom stereocenters. The van der Waals surface area contributed by atoms with Gasteiger partial charge >= 0.3 is 6.03 Å². The lowest BCUT2D eigenvalue weighted by Gasteiger charge is -2.23. The van der Waals surface area contributed by atoms with E-state index in [1.807, 2.05) is 12.1 Å². The van der Waals surface area contributed by atoms with E-state index in [2.05, 4.69) is 5.32 Å². The molecule has 0 radical (unpaired) electrons. The number of hydrogen-bond acceptors (Lipinski definition) is 3. The quantitative estimate of drug-likeness (QED) is 0.601. The maximum Gasteiger partial charge on any atom is 0.325 e. The molecule has 0 aromatic heterocycles. The van der Waals surface area contributed by atoms with E-state index in [0.29, 0.717) is 16.1 Å². The smallest absolute Gasteiger partial charge is 0.319 e. The minimum absolute atomic E-state index is 0.273. The van der Waals surface area contributed by atoms with Gasteiger partial charge in [0, 0.05) is 21.2 Å². The molecule has 2 aliphatic rings. The summed E-state index contributed by atoms with van der Waals surface area (Å²) < 4.78 is 0. The Morgan fingerprint density at radius 1 is 1.11 bits per heavy atom. The normalized spacial score (nSPS) is 21.0. The van der Waals surface area contributed by atoms with Crippen molar-refractivity contribution in [1.29, 1.82) is 0 Å². The summed E-state index contributed by atoms with van der Waals surface area (Å²) in [6.07, 6.45) is 3.06. The van der Waals surface area contributed by atoms with Crippen molar-refractivity contribution in [3.8, 4) is 0 Å². The number of fused-ring (bicyclic) bond motifs is 1. The number of carbonyl (C=O) groups excluding carboxylic acids is 3. The molecule has 1 aliphatic carbocycles. The zero-order valence-corrected chi connectivity index (χ0v) is 16.7. The molecule has 0 bridgehead atoms. The number of nitrogens with one attached hydrogen (secondary N) is 1. The van der Waals surface area contributed by atoms with Crippen LogP contribution in [0.4, 0.5) is 4.79 Å². The highest BCUT2D eigenvalue weighted by molar-refractivity contribution is 6.35. The lowest BCUT2D eigenvalue weighted by molar-refractivity contribution is -0.130. The van der Waals surface area contributed by atoms with Crippen LogP contribution in [0.3, 0.4) is 0 Å². The fourth-order valence-electron chi connectivity index (χ4n) is 3.90. The van der Waals surface area contributed by atoms with Crippen molar-refractivity contribution >= 4 is 40.9 Å². The molecule has 3 amide bonds. The van der Waals surface area contributed by atoms with E-state index in [0.717, 1.165) is 24.2 Å². The van der Waals surface area contributed by atoms with E-state index >= 15 is 0 Å². The van der Waals surface area contributed by atoms with Crippen molar-refractivity contribution in [2.45, 2.75) is 31.7 Å². The molecule has 1 saturated heterocycles. The molecule has 144 valence electrons. The van der Waals surface area contributed by atoms with Gasteiger partial charge in [0.1, 0.15) is 5.54 Å². The number of aryl methyl sites for hydroxylation is 2. The van der Waals surface area contributed by atoms with Crippen molar-refractivity contribution in [2.24, 2.45) is 0 Å². The highest BCUT2D eigenvalue weighted by Crippen LogP contribution is 2.35. The van der Waals surface area contributed by atoms with Gasteiger partial charge in [-0.3, -0.25) is 14.5 Å². The third kappa shape index (κ3) is 3.09. The molecule has 0 spiro atoms. The van der Waals surface area contributed by atoms with Crippen molar-refractivity contribution < 1.29 is 14.4 Å². The van der Waals surface area contributed by atoms with Crippen LogP contribution in [0.2, 0.25) is 10.0 Å². The molecule has 0 saturated carbocycles. The van der Waals surface area contributed by atoms with E-state index < -0.39 is 17.5 Å². The average Bonchev–Trinajstić information content (AvgIpc) is 3.19. The number of rotatable bonds is 4. The minimum Gasteiger partial charge on any atom is -0.319 e. The number of ketones is 1. The summed E-state index contributed by atoms with van der Waals surface area (Å²) in [6, 6.07) is 9.70. The van der Waals surface area contributed by atoms with Gasteiger partial charge in [-0.05, 0) is 55.5 Å². The lowest BCUT2D eigenvalue weighted by Crippen LogP contribution is -2.41. The highest BCUT2D eigenvalue weighted by Gasteiger charge is 2.50. The Labute approximate surface area is 172 Å². The number of halogens is 2. The second-order valence-corrected chi connectivity index (χ2v) is 8.17. The van der Waals surface area contributed by atoms with Crippen LogP contribution in [0, 0.1) is 0 Å². The van der Waals surface area contributed by atoms with Gasteiger partial charge in [0.2, 0.25) is 0 Å². The SMILES string of the molecule is CC1(c2ccc(Cl)cc2Cl)NC(=O)N(CC(=O)c2ccc3c(c2)CCC3)C1=O. The third-order valence-electron chi connectivity index (χ3n) is 5.47. The molecule has 1 aliphatic heterocycles. The Hall–Kier alpha value is -2.37. The number of Topliss-reactive ketones (excluding diaryl/α,β-unsaturated/α-hetero) is 1. The predicted octanol–water partition coefficient (Wildman–Crippen LogP) is 4.13. The highest BCUT2D eigenvalue weighted by atomic mass is 35.5. The Bertz CT molecular complexity index is 1020. The van der Waals surface area contributed by atoms with Crippen molar-refractivity contribution in [2.75, 3.05) is 6.54 Å². The number of nitrogens with zero attached hydrogens (tertiary/aromatic N) is 1. The molecule has 1 fully saturated rings. The first kappa shape index (κ1) is 19.0. The van der Waals surface area contributed by atoms with Gasteiger partial charge in [0.15, 0.2) is 5.78 Å². The Kier molecular flexibility index (Phi) is 4.68. The Balaban J connectivity index is 1.58. The van der Waals surface area contributed by atoms with Crippen LogP contribution in [-0.4, -0.2) is 29.2 Å². The fourth-order valence-corrected chi connectivity index (χ4v) is 4.50. The van der Waals surface area contributed by atoms with E-state index in [4.69, 9.17) is 23.2 Å². The van der Waals surface area contributed by atoms with Crippen LogP contribution in [0.15, 0.2) is 36.4 Å². The predicted molar refractivity (Wildman–Crippen MR) is 107 cm³/mol. The van der Waals surface area contributed by atoms with Gasteiger partial charge in [0.05, 0.1) is 6.54 Å². The van der Waals surface area contributed by atoms with Crippen molar-refractivity contribution in [3.05, 3.63) is 68.7 Å². The summed E-state index contributed by atoms with van der Waals surface area (Å²) in [4.78, 5) is 39.2. The van der Waals surface area contributed by atoms with Crippen molar-refractivity contribution in [3.63, 3.8) is 0 Å². The van der Waals surface area contributed by atoms with Crippen LogP contribution >= 0.6 is 23.2 Å². The minimum atomic E-state index is -1.35. The summed E-state index contributed by atoms with van der Waals surface area (Å²) in [7, 11) is 0. The Morgan fingerprint density at radius 3 is 2.61 bits per heavy atom. The molecule has 28 heavy (non-hydrogen) atoms. The van der Waals surface area contributed by atoms with Crippen LogP contribution in [0.1, 0.15) is 40.4 Å². The number of carbonyl (C=O) groups is 3. The lowest BCUT2D eigenvalue weighted by atomic mass is 9.92. The fraction of sp³-hybridized carbons (Fsp3) is 0.286. The molecule has 7 heteroatoms. The molecule has 5 nitrogen and oxygen atoms in total. The summed E-state index contributed by atoms with van der Waals surface area (Å²) in [5, 5.41) is 3.36. The maximum absolute atomic E-state index is 13.0. The van der Waals surface area contributed by atoms with E-state index in [1.165, 1.54) is 17.2 Å². The zero-order chi connectivity index (χ0) is 20.1. The van der Waals surface area contributed by atoms with Gasteiger partial charge in [-0.2, -0.15) is 0 Å². The first-order chi connectivity index (χ1) is 13.3.